The van der Waals surface area contributed by atoms with E-state index >= 15 is 0 Å². The van der Waals surface area contributed by atoms with Gasteiger partial charge in [0.25, 0.3) is 0 Å². The highest BCUT2D eigenvalue weighted by Crippen LogP contribution is 2.24. The van der Waals surface area contributed by atoms with Gasteiger partial charge in [0, 0.05) is 12.0 Å². The van der Waals surface area contributed by atoms with Gasteiger partial charge in [-0.05, 0) is 19.8 Å². The van der Waals surface area contributed by atoms with Crippen LogP contribution in [0.2, 0.25) is 0 Å². The van der Waals surface area contributed by atoms with Crippen LogP contribution in [0.25, 0.3) is 0 Å². The molecule has 18 heavy (non-hydrogen) atoms. The van der Waals surface area contributed by atoms with E-state index in [1.54, 1.807) is 0 Å². The molecule has 1 aliphatic heterocycles. The molecule has 3 heteroatoms. The molecule has 0 bridgehead atoms. The molecule has 108 valence electrons. The number of nitrogens with one attached hydrogen (secondary N) is 1. The van der Waals surface area contributed by atoms with Crippen molar-refractivity contribution >= 4 is 0 Å². The van der Waals surface area contributed by atoms with Gasteiger partial charge in [-0.25, -0.2) is 0 Å². The number of rotatable bonds is 10. The zero-order valence-corrected chi connectivity index (χ0v) is 12.3. The zero-order valence-electron chi connectivity index (χ0n) is 12.3. The van der Waals surface area contributed by atoms with Crippen molar-refractivity contribution in [3.63, 3.8) is 0 Å². The fourth-order valence-electron chi connectivity index (χ4n) is 2.91. The molecule has 1 fully saturated rings. The summed E-state index contributed by atoms with van der Waals surface area (Å²) in [7, 11) is 0. The van der Waals surface area contributed by atoms with E-state index in [2.05, 4.69) is 19.3 Å². The molecule has 3 N–H and O–H groups in total. The summed E-state index contributed by atoms with van der Waals surface area (Å²) in [4.78, 5) is 0. The van der Waals surface area contributed by atoms with Crippen LogP contribution >= 0.6 is 0 Å². The summed E-state index contributed by atoms with van der Waals surface area (Å²) in [6.45, 7) is 5.30. The molecule has 1 saturated heterocycles. The second-order valence-electron chi connectivity index (χ2n) is 5.82. The van der Waals surface area contributed by atoms with Gasteiger partial charge in [0.15, 0.2) is 0 Å². The molecular formula is C15H32N2O. The van der Waals surface area contributed by atoms with Crippen LogP contribution in [0, 0.1) is 5.92 Å². The lowest BCUT2D eigenvalue weighted by Crippen LogP contribution is -2.41. The highest BCUT2D eigenvalue weighted by molar-refractivity contribution is 4.80. The normalized spacial score (nSPS) is 25.5. The Labute approximate surface area is 113 Å². The number of unbranched alkanes of at least 4 members (excludes halogenated alkanes) is 6. The summed E-state index contributed by atoms with van der Waals surface area (Å²) in [5.41, 5.74) is 3.00. The number of hydrogen-bond donors (Lipinski definition) is 2. The van der Waals surface area contributed by atoms with Gasteiger partial charge in [-0.15, -0.1) is 0 Å². The first-order valence-corrected chi connectivity index (χ1v) is 7.85. The molecule has 0 amide bonds. The average molecular weight is 256 g/mol. The maximum atomic E-state index is 5.67. The Morgan fingerprint density at radius 3 is 2.39 bits per heavy atom. The van der Waals surface area contributed by atoms with E-state index in [-0.39, 0.29) is 0 Å². The molecular weight excluding hydrogens is 224 g/mol. The molecule has 3 atom stereocenters. The molecule has 0 spiro atoms. The maximum Gasteiger partial charge on any atom is 0.0551 e. The first-order chi connectivity index (χ1) is 8.77. The molecule has 0 saturated carbocycles. The highest BCUT2D eigenvalue weighted by atomic mass is 16.5. The van der Waals surface area contributed by atoms with E-state index in [0.717, 1.165) is 13.0 Å². The lowest BCUT2D eigenvalue weighted by Gasteiger charge is -2.21. The smallest absolute Gasteiger partial charge is 0.0551 e. The van der Waals surface area contributed by atoms with Gasteiger partial charge in [0.2, 0.25) is 0 Å². The Morgan fingerprint density at radius 2 is 1.83 bits per heavy atom. The van der Waals surface area contributed by atoms with Crippen molar-refractivity contribution < 1.29 is 4.74 Å². The van der Waals surface area contributed by atoms with E-state index in [9.17, 15) is 0 Å². The second kappa shape index (κ2) is 9.76. The van der Waals surface area contributed by atoms with Gasteiger partial charge in [-0.1, -0.05) is 51.9 Å². The lowest BCUT2D eigenvalue weighted by molar-refractivity contribution is 0.116. The molecule has 1 rings (SSSR count). The Balaban J connectivity index is 2.02. The van der Waals surface area contributed by atoms with Crippen molar-refractivity contribution in [1.29, 1.82) is 0 Å². The van der Waals surface area contributed by atoms with Crippen LogP contribution in [0.15, 0.2) is 0 Å². The molecule has 1 heterocycles. The predicted molar refractivity (Wildman–Crippen MR) is 77.2 cm³/mol. The number of hydrogen-bond acceptors (Lipinski definition) is 3. The van der Waals surface area contributed by atoms with Crippen molar-refractivity contribution in [1.82, 2.24) is 5.43 Å². The third kappa shape index (κ3) is 6.17. The summed E-state index contributed by atoms with van der Waals surface area (Å²) < 4.78 is 5.62. The minimum absolute atomic E-state index is 0.417. The van der Waals surface area contributed by atoms with Crippen molar-refractivity contribution in [2.45, 2.75) is 83.8 Å². The van der Waals surface area contributed by atoms with Crippen molar-refractivity contribution in [2.75, 3.05) is 6.61 Å². The number of nitrogens with two attached hydrogens (primary N) is 1. The van der Waals surface area contributed by atoms with E-state index in [0.29, 0.717) is 18.1 Å². The van der Waals surface area contributed by atoms with Crippen LogP contribution in [-0.4, -0.2) is 18.8 Å². The quantitative estimate of drug-likeness (QED) is 0.358. The first-order valence-electron chi connectivity index (χ1n) is 7.85. The minimum atomic E-state index is 0.417. The van der Waals surface area contributed by atoms with E-state index in [4.69, 9.17) is 10.6 Å². The van der Waals surface area contributed by atoms with Crippen LogP contribution in [-0.2, 0) is 4.74 Å². The molecule has 0 aliphatic carbocycles. The standard InChI is InChI=1S/C15H32N2O/c1-3-4-5-6-7-8-9-10-15(17-16)14-11-13(2)18-12-14/h13-15,17H,3-12,16H2,1-2H3. The van der Waals surface area contributed by atoms with Crippen LogP contribution < -0.4 is 11.3 Å². The fourth-order valence-corrected chi connectivity index (χ4v) is 2.91. The monoisotopic (exact) mass is 256 g/mol. The molecule has 0 aromatic carbocycles. The van der Waals surface area contributed by atoms with Crippen molar-refractivity contribution in [3.05, 3.63) is 0 Å². The Morgan fingerprint density at radius 1 is 1.17 bits per heavy atom. The van der Waals surface area contributed by atoms with Gasteiger partial charge in [0.1, 0.15) is 0 Å². The molecule has 3 unspecified atom stereocenters. The summed E-state index contributed by atoms with van der Waals surface area (Å²) in [5.74, 6) is 6.29. The lowest BCUT2D eigenvalue weighted by atomic mass is 9.93. The average Bonchev–Trinajstić information content (AvgIpc) is 2.79. The Hall–Kier alpha value is -0.120. The zero-order chi connectivity index (χ0) is 13.2. The number of hydrazine groups is 1. The fraction of sp³-hybridized carbons (Fsp3) is 1.00. The molecule has 1 aliphatic rings. The SMILES string of the molecule is CCCCCCCCCC(NN)C1COC(C)C1. The van der Waals surface area contributed by atoms with Crippen LogP contribution in [0.4, 0.5) is 0 Å². The van der Waals surface area contributed by atoms with Crippen LogP contribution in [0.5, 0.6) is 0 Å². The van der Waals surface area contributed by atoms with Crippen LogP contribution in [0.1, 0.15) is 71.6 Å². The second-order valence-corrected chi connectivity index (χ2v) is 5.82. The molecule has 0 radical (unpaired) electrons. The first kappa shape index (κ1) is 15.9. The predicted octanol–water partition coefficient (Wildman–Crippen LogP) is 3.38. The molecule has 3 nitrogen and oxygen atoms in total. The van der Waals surface area contributed by atoms with E-state index in [1.807, 2.05) is 0 Å². The molecule has 0 aromatic rings. The third-order valence-electron chi connectivity index (χ3n) is 4.13. The summed E-state index contributed by atoms with van der Waals surface area (Å²) in [6.07, 6.45) is 12.3. The van der Waals surface area contributed by atoms with Crippen molar-refractivity contribution in [3.8, 4) is 0 Å². The van der Waals surface area contributed by atoms with E-state index in [1.165, 1.54) is 51.4 Å². The topological polar surface area (TPSA) is 47.3 Å². The van der Waals surface area contributed by atoms with E-state index < -0.39 is 0 Å². The summed E-state index contributed by atoms with van der Waals surface area (Å²) >= 11 is 0. The molecule has 0 aromatic heterocycles. The minimum Gasteiger partial charge on any atom is -0.378 e. The third-order valence-corrected chi connectivity index (χ3v) is 4.13. The Bertz CT molecular complexity index is 199. The van der Waals surface area contributed by atoms with Crippen molar-refractivity contribution in [2.24, 2.45) is 11.8 Å². The highest BCUT2D eigenvalue weighted by Gasteiger charge is 2.28. The Kier molecular flexibility index (Phi) is 8.64. The summed E-state index contributed by atoms with van der Waals surface area (Å²) in [6, 6.07) is 0.450. The largest absolute Gasteiger partial charge is 0.378 e. The van der Waals surface area contributed by atoms with Gasteiger partial charge < -0.3 is 4.74 Å². The summed E-state index contributed by atoms with van der Waals surface area (Å²) in [5, 5.41) is 0. The van der Waals surface area contributed by atoms with Gasteiger partial charge in [0.05, 0.1) is 12.7 Å². The van der Waals surface area contributed by atoms with Gasteiger partial charge in [-0.3, -0.25) is 11.3 Å². The van der Waals surface area contributed by atoms with Gasteiger partial charge in [-0.2, -0.15) is 0 Å². The van der Waals surface area contributed by atoms with Gasteiger partial charge >= 0.3 is 0 Å². The van der Waals surface area contributed by atoms with Crippen LogP contribution in [0.3, 0.4) is 0 Å². The number of ether oxygens (including phenoxy) is 1. The maximum absolute atomic E-state index is 5.67.